The Kier molecular flexibility index (Phi) is 10.7. The molecule has 0 fully saturated rings. The summed E-state index contributed by atoms with van der Waals surface area (Å²) in [5.74, 6) is -0.525. The third kappa shape index (κ3) is 9.69. The molecule has 0 bridgehead atoms. The molecule has 6 heteroatoms. The van der Waals surface area contributed by atoms with Crippen molar-refractivity contribution in [3.8, 4) is 0 Å². The molecule has 0 saturated heterocycles. The minimum Gasteiger partial charge on any atom is -0.498 e. The van der Waals surface area contributed by atoms with E-state index in [0.717, 1.165) is 11.1 Å². The molecule has 0 heterocycles. The maximum atomic E-state index is 12.4. The molecule has 0 aliphatic rings. The summed E-state index contributed by atoms with van der Waals surface area (Å²) in [5.41, 5.74) is 0.590. The number of carbonyl (C=O) groups is 2. The van der Waals surface area contributed by atoms with Crippen LogP contribution < -0.4 is 0 Å². The van der Waals surface area contributed by atoms with Crippen molar-refractivity contribution in [2.45, 2.75) is 53.8 Å². The molecule has 0 radical (unpaired) electrons. The highest BCUT2D eigenvalue weighted by atomic mass is 16.5. The van der Waals surface area contributed by atoms with Crippen LogP contribution in [-0.2, 0) is 41.8 Å². The van der Waals surface area contributed by atoms with Gasteiger partial charge in [-0.25, -0.2) is 0 Å². The summed E-state index contributed by atoms with van der Waals surface area (Å²) in [5, 5.41) is 0. The molecule has 34 heavy (non-hydrogen) atoms. The third-order valence-corrected chi connectivity index (χ3v) is 5.47. The van der Waals surface area contributed by atoms with E-state index in [1.54, 1.807) is 0 Å². The Balaban J connectivity index is 1.59. The molecule has 0 aromatic heterocycles. The molecule has 0 spiro atoms. The van der Waals surface area contributed by atoms with E-state index in [1.165, 1.54) is 12.5 Å². The van der Waals surface area contributed by atoms with E-state index in [-0.39, 0.29) is 25.2 Å². The Morgan fingerprint density at radius 3 is 1.35 bits per heavy atom. The Bertz CT molecular complexity index is 828. The first kappa shape index (κ1) is 27.0. The summed E-state index contributed by atoms with van der Waals surface area (Å²) in [6.07, 6.45) is 3.91. The zero-order chi connectivity index (χ0) is 24.9. The quantitative estimate of drug-likeness (QED) is 0.198. The van der Waals surface area contributed by atoms with E-state index in [4.69, 9.17) is 18.9 Å². The Labute approximate surface area is 202 Å². The molecule has 2 rings (SSSR count). The van der Waals surface area contributed by atoms with E-state index >= 15 is 0 Å². The summed E-state index contributed by atoms with van der Waals surface area (Å²) in [7, 11) is 0. The van der Waals surface area contributed by atoms with Crippen molar-refractivity contribution in [3.05, 3.63) is 84.3 Å². The standard InChI is InChI=1S/C28H36O6/c1-27(2,25(29)33-21-23-11-7-5-8-12-23)15-17-31-19-20-32-18-16-28(3,4)26(30)34-22-24-13-9-6-10-14-24/h5-14,19-20H,15-18,21-22H2,1-4H3/b20-19+. The van der Waals surface area contributed by atoms with Gasteiger partial charge in [0, 0.05) is 0 Å². The zero-order valence-corrected chi connectivity index (χ0v) is 20.6. The normalized spacial score (nSPS) is 11.8. The zero-order valence-electron chi connectivity index (χ0n) is 20.6. The molecule has 2 aromatic carbocycles. The highest BCUT2D eigenvalue weighted by molar-refractivity contribution is 5.76. The smallest absolute Gasteiger partial charge is 0.311 e. The van der Waals surface area contributed by atoms with Crippen molar-refractivity contribution >= 4 is 11.9 Å². The van der Waals surface area contributed by atoms with Crippen molar-refractivity contribution in [1.82, 2.24) is 0 Å². The van der Waals surface area contributed by atoms with Gasteiger partial charge >= 0.3 is 11.9 Å². The number of hydrogen-bond acceptors (Lipinski definition) is 6. The number of hydrogen-bond donors (Lipinski definition) is 0. The summed E-state index contributed by atoms with van der Waals surface area (Å²) >= 11 is 0. The predicted octanol–water partition coefficient (Wildman–Crippen LogP) is 5.81. The van der Waals surface area contributed by atoms with Gasteiger partial charge in [0.1, 0.15) is 25.7 Å². The fourth-order valence-corrected chi connectivity index (χ4v) is 2.88. The molecule has 0 N–H and O–H groups in total. The highest BCUT2D eigenvalue weighted by Crippen LogP contribution is 2.24. The van der Waals surface area contributed by atoms with Crippen molar-refractivity contribution in [1.29, 1.82) is 0 Å². The molecule has 0 unspecified atom stereocenters. The van der Waals surface area contributed by atoms with Gasteiger partial charge in [0.05, 0.1) is 24.0 Å². The van der Waals surface area contributed by atoms with Gasteiger partial charge in [0.2, 0.25) is 0 Å². The largest absolute Gasteiger partial charge is 0.498 e. The van der Waals surface area contributed by atoms with Gasteiger partial charge in [-0.05, 0) is 51.7 Å². The van der Waals surface area contributed by atoms with E-state index in [9.17, 15) is 9.59 Å². The van der Waals surface area contributed by atoms with Crippen LogP contribution in [0.25, 0.3) is 0 Å². The maximum Gasteiger partial charge on any atom is 0.311 e. The van der Waals surface area contributed by atoms with Crippen LogP contribution in [0.2, 0.25) is 0 Å². The first-order valence-corrected chi connectivity index (χ1v) is 11.5. The average Bonchev–Trinajstić information content (AvgIpc) is 2.83. The summed E-state index contributed by atoms with van der Waals surface area (Å²) < 4.78 is 21.7. The van der Waals surface area contributed by atoms with Crippen LogP contribution in [0.1, 0.15) is 51.7 Å². The molecule has 2 aromatic rings. The Morgan fingerprint density at radius 2 is 1.00 bits per heavy atom. The monoisotopic (exact) mass is 468 g/mol. The van der Waals surface area contributed by atoms with E-state index in [0.29, 0.717) is 26.1 Å². The third-order valence-electron chi connectivity index (χ3n) is 5.47. The van der Waals surface area contributed by atoms with Crippen LogP contribution in [-0.4, -0.2) is 25.2 Å². The lowest BCUT2D eigenvalue weighted by Gasteiger charge is -2.22. The number of rotatable bonds is 14. The van der Waals surface area contributed by atoms with Gasteiger partial charge in [-0.2, -0.15) is 0 Å². The fraction of sp³-hybridized carbons (Fsp3) is 0.429. The molecule has 0 aliphatic heterocycles. The molecule has 0 atom stereocenters. The van der Waals surface area contributed by atoms with Crippen molar-refractivity contribution in [2.75, 3.05) is 13.2 Å². The second-order valence-electron chi connectivity index (χ2n) is 9.40. The Morgan fingerprint density at radius 1 is 0.647 bits per heavy atom. The molecule has 184 valence electrons. The Hall–Kier alpha value is -3.28. The highest BCUT2D eigenvalue weighted by Gasteiger charge is 2.30. The molecular formula is C28H36O6. The van der Waals surface area contributed by atoms with Gasteiger partial charge < -0.3 is 18.9 Å². The van der Waals surface area contributed by atoms with Crippen LogP contribution in [0.3, 0.4) is 0 Å². The number of benzene rings is 2. The minimum atomic E-state index is -0.659. The second-order valence-corrected chi connectivity index (χ2v) is 9.40. The van der Waals surface area contributed by atoms with Crippen molar-refractivity contribution in [2.24, 2.45) is 10.8 Å². The van der Waals surface area contributed by atoms with Crippen LogP contribution in [0.4, 0.5) is 0 Å². The lowest BCUT2D eigenvalue weighted by Crippen LogP contribution is -2.28. The van der Waals surface area contributed by atoms with Crippen LogP contribution in [0.15, 0.2) is 73.2 Å². The van der Waals surface area contributed by atoms with Gasteiger partial charge in [0.25, 0.3) is 0 Å². The van der Waals surface area contributed by atoms with Gasteiger partial charge in [-0.3, -0.25) is 9.59 Å². The van der Waals surface area contributed by atoms with Crippen LogP contribution in [0, 0.1) is 10.8 Å². The molecule has 0 amide bonds. The van der Waals surface area contributed by atoms with Crippen LogP contribution in [0.5, 0.6) is 0 Å². The van der Waals surface area contributed by atoms with Gasteiger partial charge in [-0.1, -0.05) is 60.7 Å². The van der Waals surface area contributed by atoms with E-state index in [2.05, 4.69) is 0 Å². The first-order chi connectivity index (χ1) is 16.2. The van der Waals surface area contributed by atoms with Crippen LogP contribution >= 0.6 is 0 Å². The fourth-order valence-electron chi connectivity index (χ4n) is 2.88. The molecule has 0 aliphatic carbocycles. The van der Waals surface area contributed by atoms with Gasteiger partial charge in [-0.15, -0.1) is 0 Å². The minimum absolute atomic E-state index is 0.258. The molecule has 6 nitrogen and oxygen atoms in total. The topological polar surface area (TPSA) is 71.1 Å². The average molecular weight is 469 g/mol. The van der Waals surface area contributed by atoms with Gasteiger partial charge in [0.15, 0.2) is 0 Å². The molecule has 0 saturated carbocycles. The predicted molar refractivity (Wildman–Crippen MR) is 130 cm³/mol. The lowest BCUT2D eigenvalue weighted by atomic mass is 9.90. The number of ether oxygens (including phenoxy) is 4. The summed E-state index contributed by atoms with van der Waals surface area (Å²) in [4.78, 5) is 24.7. The maximum absolute atomic E-state index is 12.4. The lowest BCUT2D eigenvalue weighted by molar-refractivity contribution is -0.157. The SMILES string of the molecule is CC(C)(CCO/C=C/OCCC(C)(C)C(=O)OCc1ccccc1)C(=O)OCc1ccccc1. The van der Waals surface area contributed by atoms with E-state index in [1.807, 2.05) is 88.4 Å². The number of esters is 2. The summed E-state index contributed by atoms with van der Waals surface area (Å²) in [6, 6.07) is 19.2. The second kappa shape index (κ2) is 13.4. The molecular weight excluding hydrogens is 432 g/mol. The van der Waals surface area contributed by atoms with Crippen molar-refractivity contribution < 1.29 is 28.5 Å². The van der Waals surface area contributed by atoms with E-state index < -0.39 is 10.8 Å². The number of carbonyl (C=O) groups excluding carboxylic acids is 2. The summed E-state index contributed by atoms with van der Waals surface area (Å²) in [6.45, 7) is 8.56. The van der Waals surface area contributed by atoms with Crippen molar-refractivity contribution in [3.63, 3.8) is 0 Å². The first-order valence-electron chi connectivity index (χ1n) is 11.5.